The van der Waals surface area contributed by atoms with Gasteiger partial charge in [0.1, 0.15) is 18.1 Å². The lowest BCUT2D eigenvalue weighted by Crippen LogP contribution is -2.13. The Balaban J connectivity index is 0.000000152. The Bertz CT molecular complexity index is 2390. The molecule has 2 aliphatic carbocycles. The number of aromatic nitrogens is 2. The van der Waals surface area contributed by atoms with Gasteiger partial charge in [0.2, 0.25) is 0 Å². The minimum absolute atomic E-state index is 0.256. The van der Waals surface area contributed by atoms with Gasteiger partial charge in [0, 0.05) is 44.7 Å². The Morgan fingerprint density at radius 3 is 1.51 bits per heavy atom. The highest BCUT2D eigenvalue weighted by molar-refractivity contribution is 6.14. The van der Waals surface area contributed by atoms with Crippen molar-refractivity contribution in [2.75, 3.05) is 0 Å². The number of oxime groups is 2. The number of ether oxygens (including phenoxy) is 1. The summed E-state index contributed by atoms with van der Waals surface area (Å²) < 4.78 is 10.4. The molecule has 0 bridgehead atoms. The first-order valence-electron chi connectivity index (χ1n) is 17.4. The average Bonchev–Trinajstić information content (AvgIpc) is 3.72. The van der Waals surface area contributed by atoms with Gasteiger partial charge in [-0.1, -0.05) is 77.0 Å². The van der Waals surface area contributed by atoms with Crippen molar-refractivity contribution in [3.05, 3.63) is 155 Å². The minimum atomic E-state index is 0.256. The van der Waals surface area contributed by atoms with Crippen LogP contribution in [0.1, 0.15) is 53.8 Å². The Hall–Kier alpha value is -6.28. The fraction of sp³-hybridized carbons (Fsp3) is 0.163. The van der Waals surface area contributed by atoms with Crippen LogP contribution in [-0.2, 0) is 19.4 Å². The molecule has 0 saturated carbocycles. The van der Waals surface area contributed by atoms with Crippen molar-refractivity contribution in [2.24, 2.45) is 10.3 Å². The van der Waals surface area contributed by atoms with Gasteiger partial charge in [-0.05, 0) is 105 Å². The predicted octanol–water partition coefficient (Wildman–Crippen LogP) is 9.57. The van der Waals surface area contributed by atoms with Gasteiger partial charge in [0.15, 0.2) is 0 Å². The van der Waals surface area contributed by atoms with E-state index in [1.54, 1.807) is 12.1 Å². The van der Waals surface area contributed by atoms with Crippen molar-refractivity contribution in [1.82, 2.24) is 9.13 Å². The second-order valence-corrected chi connectivity index (χ2v) is 12.9. The molecule has 7 aromatic rings. The summed E-state index contributed by atoms with van der Waals surface area (Å²) in [5.74, 6) is 1.10. The van der Waals surface area contributed by atoms with E-state index in [0.717, 1.165) is 106 Å². The van der Waals surface area contributed by atoms with E-state index in [-0.39, 0.29) is 5.75 Å². The van der Waals surface area contributed by atoms with E-state index >= 15 is 0 Å². The van der Waals surface area contributed by atoms with Crippen LogP contribution in [0.4, 0.5) is 0 Å². The normalized spacial score (nSPS) is 15.4. The molecule has 2 heterocycles. The predicted molar refractivity (Wildman–Crippen MR) is 202 cm³/mol. The molecule has 0 radical (unpaired) electrons. The Kier molecular flexibility index (Phi) is 8.72. The van der Waals surface area contributed by atoms with Crippen molar-refractivity contribution in [3.63, 3.8) is 0 Å². The summed E-state index contributed by atoms with van der Waals surface area (Å²) >= 11 is 0. The van der Waals surface area contributed by atoms with E-state index < -0.39 is 0 Å². The molecule has 0 saturated heterocycles. The molecule has 5 aromatic carbocycles. The molecule has 3 N–H and O–H groups in total. The van der Waals surface area contributed by atoms with Gasteiger partial charge in [-0.25, -0.2) is 0 Å². The van der Waals surface area contributed by atoms with Crippen LogP contribution in [0.2, 0.25) is 0 Å². The third kappa shape index (κ3) is 5.99. The van der Waals surface area contributed by atoms with Crippen LogP contribution in [-0.4, -0.2) is 36.1 Å². The number of aromatic hydroxyl groups is 1. The molecule has 9 rings (SSSR count). The lowest BCUT2D eigenvalue weighted by Gasteiger charge is -2.17. The monoisotopic (exact) mass is 674 g/mol. The van der Waals surface area contributed by atoms with Crippen LogP contribution in [0.5, 0.6) is 11.5 Å². The maximum Gasteiger partial charge on any atom is 0.119 e. The van der Waals surface area contributed by atoms with Gasteiger partial charge >= 0.3 is 0 Å². The Morgan fingerprint density at radius 2 is 1.00 bits per heavy atom. The zero-order valence-corrected chi connectivity index (χ0v) is 28.1. The minimum Gasteiger partial charge on any atom is -0.508 e. The first kappa shape index (κ1) is 32.0. The van der Waals surface area contributed by atoms with Crippen molar-refractivity contribution < 1.29 is 20.3 Å². The summed E-state index contributed by atoms with van der Waals surface area (Å²) in [6, 6.07) is 42.1. The zero-order chi connectivity index (χ0) is 34.7. The third-order valence-electron chi connectivity index (χ3n) is 9.87. The van der Waals surface area contributed by atoms with E-state index in [1.165, 1.54) is 11.4 Å². The lowest BCUT2D eigenvalue weighted by atomic mass is 9.93. The largest absolute Gasteiger partial charge is 0.508 e. The van der Waals surface area contributed by atoms with E-state index in [2.05, 4.69) is 74.0 Å². The van der Waals surface area contributed by atoms with Crippen molar-refractivity contribution in [1.29, 1.82) is 0 Å². The number of para-hydroxylation sites is 2. The molecule has 2 aromatic heterocycles. The van der Waals surface area contributed by atoms with Gasteiger partial charge in [-0.3, -0.25) is 0 Å². The fourth-order valence-corrected chi connectivity index (χ4v) is 7.62. The molecular formula is C43H38N4O4. The van der Waals surface area contributed by atoms with Crippen LogP contribution < -0.4 is 4.74 Å². The van der Waals surface area contributed by atoms with E-state index in [9.17, 15) is 15.5 Å². The smallest absolute Gasteiger partial charge is 0.119 e. The molecule has 0 amide bonds. The second-order valence-electron chi connectivity index (χ2n) is 12.9. The summed E-state index contributed by atoms with van der Waals surface area (Å²) in [6.07, 6.45) is 5.48. The molecule has 51 heavy (non-hydrogen) atoms. The Labute approximate surface area is 295 Å². The summed E-state index contributed by atoms with van der Waals surface area (Å²) in [5, 5.41) is 37.8. The quantitative estimate of drug-likeness (QED) is 0.125. The second kappa shape index (κ2) is 13.9. The number of benzene rings is 5. The maximum atomic E-state index is 9.53. The number of phenols is 1. The highest BCUT2D eigenvalue weighted by atomic mass is 16.5. The summed E-state index contributed by atoms with van der Waals surface area (Å²) in [4.78, 5) is 0. The first-order chi connectivity index (χ1) is 25.1. The van der Waals surface area contributed by atoms with Crippen molar-refractivity contribution in [3.8, 4) is 22.9 Å². The SMILES string of the molecule is O/N=C1\CCCc2c1c1ccccc1n2-c1ccc(O)cc1.O/N=C1\CCCc2c1c1ccccc1n2-c1ccc(OCc2ccccc2)cc1. The van der Waals surface area contributed by atoms with Gasteiger partial charge in [0.25, 0.3) is 0 Å². The van der Waals surface area contributed by atoms with E-state index in [4.69, 9.17) is 4.74 Å². The number of rotatable bonds is 5. The van der Waals surface area contributed by atoms with Crippen LogP contribution in [0.15, 0.2) is 138 Å². The topological polar surface area (TPSA) is 105 Å². The van der Waals surface area contributed by atoms with Crippen LogP contribution >= 0.6 is 0 Å². The van der Waals surface area contributed by atoms with Gasteiger partial charge < -0.3 is 29.4 Å². The average molecular weight is 675 g/mol. The molecule has 0 spiro atoms. The molecule has 0 aliphatic heterocycles. The number of hydrogen-bond donors (Lipinski definition) is 3. The zero-order valence-electron chi connectivity index (χ0n) is 28.1. The molecule has 254 valence electrons. The number of nitrogens with zero attached hydrogens (tertiary/aromatic N) is 4. The molecule has 0 atom stereocenters. The highest BCUT2D eigenvalue weighted by Crippen LogP contribution is 2.36. The summed E-state index contributed by atoms with van der Waals surface area (Å²) in [6.45, 7) is 0.554. The molecule has 0 fully saturated rings. The van der Waals surface area contributed by atoms with Gasteiger partial charge in [-0.2, -0.15) is 0 Å². The first-order valence-corrected chi connectivity index (χ1v) is 17.4. The van der Waals surface area contributed by atoms with Crippen LogP contribution in [0.25, 0.3) is 33.2 Å². The molecule has 2 aliphatic rings. The highest BCUT2D eigenvalue weighted by Gasteiger charge is 2.26. The standard InChI is InChI=1S/C25H22N2O2.C18H16N2O2/c28-26-22-10-6-12-24-25(22)21-9-4-5-11-23(21)27(24)19-13-15-20(16-14-19)29-17-18-7-2-1-3-8-18;21-13-10-8-12(9-11-13)20-16-6-2-1-4-14(16)18-15(19-22)5-3-7-17(18)20/h1-5,7-9,11,13-16,28H,6,10,12,17H2;1-2,4,6,8-11,21-22H,3,5,7H2/b26-22+;19-15+. The number of hydrogen-bond acceptors (Lipinski definition) is 6. The van der Waals surface area contributed by atoms with Gasteiger partial charge in [-0.15, -0.1) is 0 Å². The maximum absolute atomic E-state index is 9.53. The summed E-state index contributed by atoms with van der Waals surface area (Å²) in [7, 11) is 0. The van der Waals surface area contributed by atoms with Crippen LogP contribution in [0, 0.1) is 0 Å². The molecular weight excluding hydrogens is 636 g/mol. The summed E-state index contributed by atoms with van der Waals surface area (Å²) in [5.41, 5.74) is 11.5. The number of phenolic OH excluding ortho intramolecular Hbond substituents is 1. The fourth-order valence-electron chi connectivity index (χ4n) is 7.62. The third-order valence-corrected chi connectivity index (χ3v) is 9.87. The molecule has 8 heteroatoms. The molecule has 0 unspecified atom stereocenters. The van der Waals surface area contributed by atoms with Crippen LogP contribution in [0.3, 0.4) is 0 Å². The van der Waals surface area contributed by atoms with E-state index in [1.807, 2.05) is 60.7 Å². The Morgan fingerprint density at radius 1 is 0.529 bits per heavy atom. The number of fused-ring (bicyclic) bond motifs is 6. The lowest BCUT2D eigenvalue weighted by molar-refractivity contribution is 0.306. The van der Waals surface area contributed by atoms with Crippen molar-refractivity contribution >= 4 is 33.2 Å². The van der Waals surface area contributed by atoms with Crippen molar-refractivity contribution in [2.45, 2.75) is 45.1 Å². The van der Waals surface area contributed by atoms with Gasteiger partial charge in [0.05, 0.1) is 22.5 Å². The van der Waals surface area contributed by atoms with E-state index in [0.29, 0.717) is 6.61 Å². The molecule has 8 nitrogen and oxygen atoms in total.